The molecule has 1 amide bonds. The van der Waals surface area contributed by atoms with E-state index in [1.54, 1.807) is 20.4 Å². The van der Waals surface area contributed by atoms with Gasteiger partial charge in [0.15, 0.2) is 0 Å². The van der Waals surface area contributed by atoms with Gasteiger partial charge in [0.05, 0.1) is 13.7 Å². The molecular weight excluding hydrogens is 194 g/mol. The molecule has 1 rings (SSSR count). The third-order valence-corrected chi connectivity index (χ3v) is 1.90. The van der Waals surface area contributed by atoms with Crippen molar-refractivity contribution >= 4 is 5.91 Å². The first kappa shape index (κ1) is 11.5. The van der Waals surface area contributed by atoms with Gasteiger partial charge in [0, 0.05) is 25.9 Å². The van der Waals surface area contributed by atoms with Crippen LogP contribution in [0.25, 0.3) is 0 Å². The van der Waals surface area contributed by atoms with Crippen LogP contribution >= 0.6 is 0 Å². The zero-order valence-corrected chi connectivity index (χ0v) is 8.91. The Labute approximate surface area is 88.9 Å². The number of aromatic nitrogens is 1. The summed E-state index contributed by atoms with van der Waals surface area (Å²) in [5.41, 5.74) is 1.03. The lowest BCUT2D eigenvalue weighted by molar-refractivity contribution is -0.119. The van der Waals surface area contributed by atoms with Gasteiger partial charge in [-0.1, -0.05) is 0 Å². The number of ether oxygens (including phenoxy) is 1. The smallest absolute Gasteiger partial charge is 0.233 e. The van der Waals surface area contributed by atoms with Crippen molar-refractivity contribution in [3.05, 3.63) is 23.9 Å². The van der Waals surface area contributed by atoms with Gasteiger partial charge >= 0.3 is 0 Å². The second-order valence-corrected chi connectivity index (χ2v) is 2.98. The Hall–Kier alpha value is -1.62. The van der Waals surface area contributed by atoms with Gasteiger partial charge in [0.25, 0.3) is 0 Å². The number of amides is 1. The number of rotatable bonds is 5. The van der Waals surface area contributed by atoms with Crippen molar-refractivity contribution in [1.82, 2.24) is 15.6 Å². The van der Waals surface area contributed by atoms with E-state index in [-0.39, 0.29) is 5.91 Å². The maximum atomic E-state index is 10.9. The van der Waals surface area contributed by atoms with Crippen LogP contribution in [0.4, 0.5) is 0 Å². The number of likely N-dealkylation sites (N-methyl/N-ethyl adjacent to an activating group) is 1. The van der Waals surface area contributed by atoms with Crippen LogP contribution in [0.2, 0.25) is 0 Å². The largest absolute Gasteiger partial charge is 0.481 e. The van der Waals surface area contributed by atoms with Crippen LogP contribution in [0.3, 0.4) is 0 Å². The normalized spacial score (nSPS) is 9.73. The van der Waals surface area contributed by atoms with E-state index in [9.17, 15) is 4.79 Å². The Balaban J connectivity index is 2.40. The van der Waals surface area contributed by atoms with Crippen LogP contribution < -0.4 is 15.4 Å². The molecule has 0 aliphatic carbocycles. The highest BCUT2D eigenvalue weighted by Crippen LogP contribution is 2.07. The Morgan fingerprint density at radius 1 is 1.60 bits per heavy atom. The van der Waals surface area contributed by atoms with Crippen molar-refractivity contribution < 1.29 is 9.53 Å². The molecule has 0 spiro atoms. The minimum Gasteiger partial charge on any atom is -0.481 e. The number of carbonyl (C=O) groups is 1. The summed E-state index contributed by atoms with van der Waals surface area (Å²) < 4.78 is 4.99. The predicted molar refractivity (Wildman–Crippen MR) is 56.6 cm³/mol. The third-order valence-electron chi connectivity index (χ3n) is 1.90. The lowest BCUT2D eigenvalue weighted by Gasteiger charge is -2.05. The molecule has 0 aliphatic rings. The molecule has 1 heterocycles. The van der Waals surface area contributed by atoms with E-state index in [0.717, 1.165) is 5.56 Å². The van der Waals surface area contributed by atoms with E-state index in [0.29, 0.717) is 19.0 Å². The van der Waals surface area contributed by atoms with Gasteiger partial charge in [0.2, 0.25) is 11.8 Å². The van der Waals surface area contributed by atoms with E-state index in [4.69, 9.17) is 4.74 Å². The summed E-state index contributed by atoms with van der Waals surface area (Å²) in [6.07, 6.45) is 1.68. The second-order valence-electron chi connectivity index (χ2n) is 2.98. The molecule has 15 heavy (non-hydrogen) atoms. The number of pyridine rings is 1. The van der Waals surface area contributed by atoms with Crippen LogP contribution in [0.1, 0.15) is 5.56 Å². The van der Waals surface area contributed by atoms with Gasteiger partial charge in [-0.15, -0.1) is 0 Å². The van der Waals surface area contributed by atoms with E-state index >= 15 is 0 Å². The van der Waals surface area contributed by atoms with Crippen LogP contribution in [0, 0.1) is 0 Å². The summed E-state index contributed by atoms with van der Waals surface area (Å²) in [7, 11) is 3.18. The number of hydrogen-bond donors (Lipinski definition) is 2. The van der Waals surface area contributed by atoms with E-state index < -0.39 is 0 Å². The quantitative estimate of drug-likeness (QED) is 0.712. The van der Waals surface area contributed by atoms with Crippen molar-refractivity contribution in [3.63, 3.8) is 0 Å². The van der Waals surface area contributed by atoms with E-state index in [1.165, 1.54) is 0 Å². The Morgan fingerprint density at radius 2 is 2.40 bits per heavy atom. The van der Waals surface area contributed by atoms with Crippen molar-refractivity contribution in [2.24, 2.45) is 0 Å². The first-order valence-corrected chi connectivity index (χ1v) is 4.66. The average Bonchev–Trinajstić information content (AvgIpc) is 2.29. The minimum atomic E-state index is -0.0315. The highest BCUT2D eigenvalue weighted by Gasteiger charge is 1.99. The summed E-state index contributed by atoms with van der Waals surface area (Å²) >= 11 is 0. The standard InChI is InChI=1S/C10H15N3O2/c1-11-9(14)7-12-6-8-3-4-13-10(5-8)15-2/h3-5,12H,6-7H2,1-2H3,(H,11,14). The van der Waals surface area contributed by atoms with Gasteiger partial charge in [-0.3, -0.25) is 4.79 Å². The fourth-order valence-electron chi connectivity index (χ4n) is 1.08. The fraction of sp³-hybridized carbons (Fsp3) is 0.400. The van der Waals surface area contributed by atoms with Crippen LogP contribution in [-0.2, 0) is 11.3 Å². The van der Waals surface area contributed by atoms with Gasteiger partial charge in [-0.05, 0) is 11.6 Å². The molecule has 0 radical (unpaired) electrons. The minimum absolute atomic E-state index is 0.0315. The van der Waals surface area contributed by atoms with Crippen LogP contribution in [0.15, 0.2) is 18.3 Å². The van der Waals surface area contributed by atoms with Gasteiger partial charge in [-0.2, -0.15) is 0 Å². The molecule has 0 fully saturated rings. The molecule has 0 aromatic carbocycles. The van der Waals surface area contributed by atoms with E-state index in [1.807, 2.05) is 12.1 Å². The topological polar surface area (TPSA) is 63.2 Å². The Kier molecular flexibility index (Phi) is 4.56. The molecule has 1 aromatic rings. The summed E-state index contributed by atoms with van der Waals surface area (Å²) in [5, 5.41) is 5.54. The van der Waals surface area contributed by atoms with Gasteiger partial charge in [0.1, 0.15) is 0 Å². The lowest BCUT2D eigenvalue weighted by Crippen LogP contribution is -2.30. The Bertz CT molecular complexity index is 328. The fourth-order valence-corrected chi connectivity index (χ4v) is 1.08. The SMILES string of the molecule is CNC(=O)CNCc1ccnc(OC)c1. The number of methoxy groups -OCH3 is 1. The number of nitrogens with zero attached hydrogens (tertiary/aromatic N) is 1. The third kappa shape index (κ3) is 3.95. The summed E-state index contributed by atoms with van der Waals surface area (Å²) in [5.74, 6) is 0.547. The molecule has 0 aliphatic heterocycles. The molecule has 5 nitrogen and oxygen atoms in total. The second kappa shape index (κ2) is 5.98. The van der Waals surface area contributed by atoms with Gasteiger partial charge < -0.3 is 15.4 Å². The average molecular weight is 209 g/mol. The molecule has 0 saturated heterocycles. The lowest BCUT2D eigenvalue weighted by atomic mass is 10.2. The maximum absolute atomic E-state index is 10.9. The maximum Gasteiger partial charge on any atom is 0.233 e. The number of hydrogen-bond acceptors (Lipinski definition) is 4. The number of carbonyl (C=O) groups excluding carboxylic acids is 1. The highest BCUT2D eigenvalue weighted by molar-refractivity contribution is 5.77. The van der Waals surface area contributed by atoms with E-state index in [2.05, 4.69) is 15.6 Å². The summed E-state index contributed by atoms with van der Waals surface area (Å²) in [6, 6.07) is 3.70. The van der Waals surface area contributed by atoms with Crippen LogP contribution in [-0.4, -0.2) is 31.6 Å². The van der Waals surface area contributed by atoms with Crippen molar-refractivity contribution in [1.29, 1.82) is 0 Å². The first-order valence-electron chi connectivity index (χ1n) is 4.66. The molecule has 0 saturated carbocycles. The molecule has 5 heteroatoms. The highest BCUT2D eigenvalue weighted by atomic mass is 16.5. The van der Waals surface area contributed by atoms with Crippen molar-refractivity contribution in [3.8, 4) is 5.88 Å². The van der Waals surface area contributed by atoms with Crippen molar-refractivity contribution in [2.75, 3.05) is 20.7 Å². The molecule has 1 aromatic heterocycles. The molecule has 0 bridgehead atoms. The number of nitrogens with one attached hydrogen (secondary N) is 2. The zero-order chi connectivity index (χ0) is 11.1. The molecule has 2 N–H and O–H groups in total. The predicted octanol–water partition coefficient (Wildman–Crippen LogP) is -0.0742. The van der Waals surface area contributed by atoms with Crippen molar-refractivity contribution in [2.45, 2.75) is 6.54 Å². The zero-order valence-electron chi connectivity index (χ0n) is 8.91. The first-order chi connectivity index (χ1) is 7.26. The summed E-state index contributed by atoms with van der Waals surface area (Å²) in [6.45, 7) is 0.924. The summed E-state index contributed by atoms with van der Waals surface area (Å²) in [4.78, 5) is 14.9. The van der Waals surface area contributed by atoms with Gasteiger partial charge in [-0.25, -0.2) is 4.98 Å². The molecule has 0 unspecified atom stereocenters. The molecular formula is C10H15N3O2. The Morgan fingerprint density at radius 3 is 3.07 bits per heavy atom. The van der Waals surface area contributed by atoms with Crippen LogP contribution in [0.5, 0.6) is 5.88 Å². The molecule has 82 valence electrons. The monoisotopic (exact) mass is 209 g/mol. The molecule has 0 atom stereocenters.